The van der Waals surface area contributed by atoms with Gasteiger partial charge in [-0.05, 0) is 29.8 Å². The Labute approximate surface area is 180 Å². The number of nitrogens with zero attached hydrogens (tertiary/aromatic N) is 4. The van der Waals surface area contributed by atoms with Gasteiger partial charge in [0.1, 0.15) is 5.65 Å². The lowest BCUT2D eigenvalue weighted by molar-refractivity contribution is -0.132. The average Bonchev–Trinajstić information content (AvgIpc) is 3.11. The van der Waals surface area contributed by atoms with E-state index >= 15 is 0 Å². The van der Waals surface area contributed by atoms with Gasteiger partial charge in [0.15, 0.2) is 0 Å². The summed E-state index contributed by atoms with van der Waals surface area (Å²) in [7, 11) is 0. The van der Waals surface area contributed by atoms with Gasteiger partial charge in [-0.25, -0.2) is 4.98 Å². The summed E-state index contributed by atoms with van der Waals surface area (Å²) in [4.78, 5) is 32.6. The summed E-state index contributed by atoms with van der Waals surface area (Å²) in [5.74, 6) is 0.0217. The van der Waals surface area contributed by atoms with Gasteiger partial charge in [-0.2, -0.15) is 0 Å². The molecule has 0 atom stereocenters. The molecule has 0 saturated carbocycles. The molecule has 4 rings (SSSR count). The highest BCUT2D eigenvalue weighted by atomic mass is 35.5. The number of fused-ring (bicyclic) bond motifs is 1. The number of anilines is 1. The Balaban J connectivity index is 1.28. The highest BCUT2D eigenvalue weighted by Crippen LogP contribution is 2.15. The minimum absolute atomic E-state index is 0.107. The van der Waals surface area contributed by atoms with Crippen LogP contribution in [0.3, 0.4) is 0 Å². The smallest absolute Gasteiger partial charge is 0.227 e. The highest BCUT2D eigenvalue weighted by Gasteiger charge is 2.21. The van der Waals surface area contributed by atoms with Crippen LogP contribution in [0.15, 0.2) is 48.8 Å². The predicted molar refractivity (Wildman–Crippen MR) is 117 cm³/mol. The quantitative estimate of drug-likeness (QED) is 0.682. The SMILES string of the molecule is CC(=O)Nc1ccc(CC(=O)N2CCN(Cc3cn4cc(Cl)ccc4n3)CC2)cc1. The third-order valence-corrected chi connectivity index (χ3v) is 5.43. The normalized spacial score (nSPS) is 14.8. The predicted octanol–water partition coefficient (Wildman–Crippen LogP) is 2.83. The van der Waals surface area contributed by atoms with E-state index in [1.165, 1.54) is 6.92 Å². The van der Waals surface area contributed by atoms with Crippen molar-refractivity contribution in [1.82, 2.24) is 19.2 Å². The van der Waals surface area contributed by atoms with E-state index in [4.69, 9.17) is 11.6 Å². The van der Waals surface area contributed by atoms with Gasteiger partial charge < -0.3 is 14.6 Å². The van der Waals surface area contributed by atoms with E-state index in [0.29, 0.717) is 24.5 Å². The highest BCUT2D eigenvalue weighted by molar-refractivity contribution is 6.30. The van der Waals surface area contributed by atoms with Crippen LogP contribution in [0, 0.1) is 0 Å². The maximum atomic E-state index is 12.7. The minimum atomic E-state index is -0.107. The van der Waals surface area contributed by atoms with E-state index in [-0.39, 0.29) is 11.8 Å². The molecule has 0 aliphatic carbocycles. The second kappa shape index (κ2) is 8.85. The first-order valence-electron chi connectivity index (χ1n) is 9.96. The van der Waals surface area contributed by atoms with Gasteiger partial charge in [-0.15, -0.1) is 0 Å². The fourth-order valence-corrected chi connectivity index (χ4v) is 3.84. The zero-order valence-electron chi connectivity index (χ0n) is 16.8. The lowest BCUT2D eigenvalue weighted by Gasteiger charge is -2.34. The van der Waals surface area contributed by atoms with Crippen LogP contribution in [0.1, 0.15) is 18.2 Å². The van der Waals surface area contributed by atoms with E-state index in [9.17, 15) is 9.59 Å². The first kappa shape index (κ1) is 20.4. The molecule has 3 heterocycles. The van der Waals surface area contributed by atoms with Gasteiger partial charge in [0.25, 0.3) is 0 Å². The number of piperazine rings is 1. The van der Waals surface area contributed by atoms with Crippen molar-refractivity contribution in [2.24, 2.45) is 0 Å². The molecule has 0 radical (unpaired) electrons. The van der Waals surface area contributed by atoms with Crippen LogP contribution in [0.2, 0.25) is 5.02 Å². The average molecular weight is 426 g/mol. The van der Waals surface area contributed by atoms with Gasteiger partial charge in [-0.1, -0.05) is 23.7 Å². The first-order valence-corrected chi connectivity index (χ1v) is 10.3. The summed E-state index contributed by atoms with van der Waals surface area (Å²) < 4.78 is 1.94. The number of hydrogen-bond acceptors (Lipinski definition) is 4. The monoisotopic (exact) mass is 425 g/mol. The van der Waals surface area contributed by atoms with Crippen LogP contribution < -0.4 is 5.32 Å². The molecular weight excluding hydrogens is 402 g/mol. The Morgan fingerprint density at radius 3 is 2.47 bits per heavy atom. The molecule has 0 bridgehead atoms. The zero-order valence-corrected chi connectivity index (χ0v) is 17.6. The first-order chi connectivity index (χ1) is 14.5. The number of hydrogen-bond donors (Lipinski definition) is 1. The second-order valence-corrected chi connectivity index (χ2v) is 7.99. The van der Waals surface area contributed by atoms with E-state index in [1.807, 2.05) is 58.1 Å². The van der Waals surface area contributed by atoms with Crippen molar-refractivity contribution >= 4 is 34.7 Å². The second-order valence-electron chi connectivity index (χ2n) is 7.56. The summed E-state index contributed by atoms with van der Waals surface area (Å²) in [6.45, 7) is 5.29. The molecule has 1 aliphatic rings. The summed E-state index contributed by atoms with van der Waals surface area (Å²) in [6.07, 6.45) is 4.23. The Morgan fingerprint density at radius 2 is 1.77 bits per heavy atom. The van der Waals surface area contributed by atoms with E-state index in [1.54, 1.807) is 0 Å². The van der Waals surface area contributed by atoms with Gasteiger partial charge in [0, 0.05) is 57.7 Å². The Hall–Kier alpha value is -2.90. The number of carbonyl (C=O) groups is 2. The fourth-order valence-electron chi connectivity index (χ4n) is 3.67. The summed E-state index contributed by atoms with van der Waals surface area (Å²) in [5.41, 5.74) is 3.56. The Bertz CT molecular complexity index is 1060. The van der Waals surface area contributed by atoms with Crippen molar-refractivity contribution < 1.29 is 9.59 Å². The number of pyridine rings is 1. The van der Waals surface area contributed by atoms with Gasteiger partial charge in [-0.3, -0.25) is 14.5 Å². The topological polar surface area (TPSA) is 70.0 Å². The van der Waals surface area contributed by atoms with Crippen LogP contribution in [0.5, 0.6) is 0 Å². The summed E-state index contributed by atoms with van der Waals surface area (Å²) in [5, 5.41) is 3.42. The zero-order chi connectivity index (χ0) is 21.1. The molecule has 2 aromatic heterocycles. The molecule has 1 aliphatic heterocycles. The maximum Gasteiger partial charge on any atom is 0.227 e. The van der Waals surface area contributed by atoms with Crippen molar-refractivity contribution in [3.63, 3.8) is 0 Å². The fraction of sp³-hybridized carbons (Fsp3) is 0.318. The number of halogens is 1. The standard InChI is InChI=1S/C22H24ClN5O2/c1-16(29)24-19-5-2-17(3-6-19)12-22(30)27-10-8-26(9-11-27)14-20-15-28-13-18(23)4-7-21(28)25-20/h2-7,13,15H,8-12,14H2,1H3,(H,24,29). The van der Waals surface area contributed by atoms with Crippen LogP contribution >= 0.6 is 11.6 Å². The van der Waals surface area contributed by atoms with Crippen molar-refractivity contribution in [1.29, 1.82) is 0 Å². The van der Waals surface area contributed by atoms with E-state index in [0.717, 1.165) is 42.2 Å². The number of rotatable bonds is 5. The van der Waals surface area contributed by atoms with Crippen LogP contribution in [0.25, 0.3) is 5.65 Å². The molecular formula is C22H24ClN5O2. The number of aromatic nitrogens is 2. The molecule has 1 saturated heterocycles. The van der Waals surface area contributed by atoms with E-state index < -0.39 is 0 Å². The molecule has 0 unspecified atom stereocenters. The molecule has 156 valence electrons. The Morgan fingerprint density at radius 1 is 1.03 bits per heavy atom. The Kier molecular flexibility index (Phi) is 6.01. The molecule has 8 heteroatoms. The van der Waals surface area contributed by atoms with Gasteiger partial charge >= 0.3 is 0 Å². The van der Waals surface area contributed by atoms with E-state index in [2.05, 4.69) is 15.2 Å². The van der Waals surface area contributed by atoms with Crippen molar-refractivity contribution in [3.05, 3.63) is 65.1 Å². The number of imidazole rings is 1. The molecule has 0 spiro atoms. The third kappa shape index (κ3) is 4.98. The van der Waals surface area contributed by atoms with Crippen molar-refractivity contribution in [2.45, 2.75) is 19.9 Å². The van der Waals surface area contributed by atoms with Crippen molar-refractivity contribution in [2.75, 3.05) is 31.5 Å². The minimum Gasteiger partial charge on any atom is -0.340 e. The van der Waals surface area contributed by atoms with Crippen LogP contribution in [0.4, 0.5) is 5.69 Å². The summed E-state index contributed by atoms with van der Waals surface area (Å²) in [6, 6.07) is 11.2. The van der Waals surface area contributed by atoms with Crippen LogP contribution in [-0.2, 0) is 22.6 Å². The molecule has 7 nitrogen and oxygen atoms in total. The number of carbonyl (C=O) groups excluding carboxylic acids is 2. The lowest BCUT2D eigenvalue weighted by atomic mass is 10.1. The number of nitrogens with one attached hydrogen (secondary N) is 1. The molecule has 30 heavy (non-hydrogen) atoms. The van der Waals surface area contributed by atoms with Crippen molar-refractivity contribution in [3.8, 4) is 0 Å². The largest absolute Gasteiger partial charge is 0.340 e. The molecule has 3 aromatic rings. The van der Waals surface area contributed by atoms with Gasteiger partial charge in [0.2, 0.25) is 11.8 Å². The van der Waals surface area contributed by atoms with Crippen LogP contribution in [-0.4, -0.2) is 57.2 Å². The molecule has 2 amide bonds. The number of amides is 2. The lowest BCUT2D eigenvalue weighted by Crippen LogP contribution is -2.48. The number of benzene rings is 1. The summed E-state index contributed by atoms with van der Waals surface area (Å²) >= 11 is 6.04. The van der Waals surface area contributed by atoms with Gasteiger partial charge in [0.05, 0.1) is 17.1 Å². The molecule has 1 fully saturated rings. The third-order valence-electron chi connectivity index (χ3n) is 5.21. The molecule has 1 aromatic carbocycles. The molecule has 1 N–H and O–H groups in total. The maximum absolute atomic E-state index is 12.7.